The largest absolute Gasteiger partial charge is 0.306 e. The van der Waals surface area contributed by atoms with Crippen molar-refractivity contribution in [1.82, 2.24) is 5.32 Å². The van der Waals surface area contributed by atoms with Crippen LogP contribution in [0, 0.1) is 23.3 Å². The van der Waals surface area contributed by atoms with E-state index in [1.807, 2.05) is 0 Å². The molecule has 1 atom stereocenters. The molecular weight excluding hydrogens is 270 g/mol. The van der Waals surface area contributed by atoms with Crippen LogP contribution in [0.2, 0.25) is 0 Å². The number of hydrogen-bond acceptors (Lipinski definition) is 1. The predicted octanol–water partition coefficient (Wildman–Crippen LogP) is 3.94. The van der Waals surface area contributed by atoms with Crippen LogP contribution in [0.3, 0.4) is 0 Å². The first kappa shape index (κ1) is 14.5. The molecule has 5 heteroatoms. The molecule has 0 saturated heterocycles. The SMILES string of the molecule is CCNC(c1ccc(F)c(F)c1)c1c(F)cccc1F. The third kappa shape index (κ3) is 2.82. The summed E-state index contributed by atoms with van der Waals surface area (Å²) in [7, 11) is 0. The number of hydrogen-bond donors (Lipinski definition) is 1. The quantitative estimate of drug-likeness (QED) is 0.838. The highest BCUT2D eigenvalue weighted by Gasteiger charge is 2.22. The summed E-state index contributed by atoms with van der Waals surface area (Å²) in [5.74, 6) is -3.53. The molecule has 1 nitrogen and oxygen atoms in total. The summed E-state index contributed by atoms with van der Waals surface area (Å²) in [5.41, 5.74) is 0.0510. The third-order valence-corrected chi connectivity index (χ3v) is 2.97. The predicted molar refractivity (Wildman–Crippen MR) is 68.2 cm³/mol. The van der Waals surface area contributed by atoms with E-state index in [9.17, 15) is 17.6 Å². The first-order valence-corrected chi connectivity index (χ1v) is 6.16. The monoisotopic (exact) mass is 283 g/mol. The van der Waals surface area contributed by atoms with E-state index in [2.05, 4.69) is 5.32 Å². The third-order valence-electron chi connectivity index (χ3n) is 2.97. The molecule has 1 N–H and O–H groups in total. The van der Waals surface area contributed by atoms with Crippen molar-refractivity contribution in [2.24, 2.45) is 0 Å². The van der Waals surface area contributed by atoms with Crippen molar-refractivity contribution < 1.29 is 17.6 Å². The zero-order valence-corrected chi connectivity index (χ0v) is 10.8. The van der Waals surface area contributed by atoms with Gasteiger partial charge in [-0.1, -0.05) is 19.1 Å². The van der Waals surface area contributed by atoms with E-state index in [4.69, 9.17) is 0 Å². The van der Waals surface area contributed by atoms with Crippen molar-refractivity contribution in [3.8, 4) is 0 Å². The van der Waals surface area contributed by atoms with Crippen molar-refractivity contribution in [3.05, 3.63) is 70.8 Å². The van der Waals surface area contributed by atoms with Gasteiger partial charge in [-0.25, -0.2) is 17.6 Å². The lowest BCUT2D eigenvalue weighted by molar-refractivity contribution is 0.493. The van der Waals surface area contributed by atoms with Gasteiger partial charge in [-0.2, -0.15) is 0 Å². The Kier molecular flexibility index (Phi) is 4.39. The van der Waals surface area contributed by atoms with Gasteiger partial charge in [-0.15, -0.1) is 0 Å². The molecule has 0 aromatic heterocycles. The second kappa shape index (κ2) is 6.05. The molecule has 0 aliphatic rings. The molecule has 20 heavy (non-hydrogen) atoms. The van der Waals surface area contributed by atoms with Gasteiger partial charge in [0, 0.05) is 5.56 Å². The molecule has 0 heterocycles. The summed E-state index contributed by atoms with van der Waals surface area (Å²) in [6.07, 6.45) is 0. The molecule has 0 aliphatic heterocycles. The molecule has 106 valence electrons. The van der Waals surface area contributed by atoms with Crippen LogP contribution in [0.15, 0.2) is 36.4 Å². The van der Waals surface area contributed by atoms with Crippen LogP contribution in [0.1, 0.15) is 24.1 Å². The fraction of sp³-hybridized carbons (Fsp3) is 0.200. The zero-order valence-electron chi connectivity index (χ0n) is 10.8. The van der Waals surface area contributed by atoms with Crippen LogP contribution in [0.4, 0.5) is 17.6 Å². The maximum atomic E-state index is 13.8. The molecule has 0 radical (unpaired) electrons. The highest BCUT2D eigenvalue weighted by molar-refractivity contribution is 5.34. The summed E-state index contributed by atoms with van der Waals surface area (Å²) in [4.78, 5) is 0. The lowest BCUT2D eigenvalue weighted by Crippen LogP contribution is -2.24. The first-order valence-electron chi connectivity index (χ1n) is 6.16. The average Bonchev–Trinajstić information content (AvgIpc) is 2.41. The lowest BCUT2D eigenvalue weighted by Gasteiger charge is -2.20. The van der Waals surface area contributed by atoms with E-state index in [0.717, 1.165) is 24.3 Å². The number of benzene rings is 2. The highest BCUT2D eigenvalue weighted by atomic mass is 19.2. The van der Waals surface area contributed by atoms with Crippen LogP contribution in [-0.2, 0) is 0 Å². The maximum Gasteiger partial charge on any atom is 0.159 e. The van der Waals surface area contributed by atoms with Crippen molar-refractivity contribution in [2.45, 2.75) is 13.0 Å². The van der Waals surface area contributed by atoms with Gasteiger partial charge in [0.1, 0.15) is 11.6 Å². The smallest absolute Gasteiger partial charge is 0.159 e. The number of rotatable bonds is 4. The van der Waals surface area contributed by atoms with E-state index in [-0.39, 0.29) is 11.1 Å². The Morgan fingerprint density at radius 2 is 1.55 bits per heavy atom. The topological polar surface area (TPSA) is 12.0 Å². The van der Waals surface area contributed by atoms with Crippen LogP contribution < -0.4 is 5.32 Å². The van der Waals surface area contributed by atoms with Crippen LogP contribution in [0.25, 0.3) is 0 Å². The molecule has 2 aromatic carbocycles. The van der Waals surface area contributed by atoms with Gasteiger partial charge in [-0.3, -0.25) is 0 Å². The van der Waals surface area contributed by atoms with Gasteiger partial charge in [-0.05, 0) is 36.4 Å². The molecular formula is C15H13F4N. The van der Waals surface area contributed by atoms with Crippen molar-refractivity contribution in [1.29, 1.82) is 0 Å². The summed E-state index contributed by atoms with van der Waals surface area (Å²) >= 11 is 0. The summed E-state index contributed by atoms with van der Waals surface area (Å²) in [6.45, 7) is 2.17. The molecule has 0 bridgehead atoms. The molecule has 0 aliphatic carbocycles. The Balaban J connectivity index is 2.53. The fourth-order valence-corrected chi connectivity index (χ4v) is 2.07. The number of halogens is 4. The van der Waals surface area contributed by atoms with Crippen LogP contribution >= 0.6 is 0 Å². The summed E-state index contributed by atoms with van der Waals surface area (Å²) in [5, 5.41) is 2.87. The minimum absolute atomic E-state index is 0.208. The van der Waals surface area contributed by atoms with E-state index < -0.39 is 29.3 Å². The van der Waals surface area contributed by atoms with Crippen LogP contribution in [0.5, 0.6) is 0 Å². The zero-order chi connectivity index (χ0) is 14.7. The Labute approximate surface area is 114 Å². The lowest BCUT2D eigenvalue weighted by atomic mass is 9.97. The maximum absolute atomic E-state index is 13.8. The highest BCUT2D eigenvalue weighted by Crippen LogP contribution is 2.27. The molecule has 0 fully saturated rings. The van der Waals surface area contributed by atoms with Crippen molar-refractivity contribution in [3.63, 3.8) is 0 Å². The second-order valence-electron chi connectivity index (χ2n) is 4.30. The second-order valence-corrected chi connectivity index (χ2v) is 4.30. The Bertz CT molecular complexity index is 593. The Morgan fingerprint density at radius 3 is 2.10 bits per heavy atom. The molecule has 1 unspecified atom stereocenters. The Morgan fingerprint density at radius 1 is 0.900 bits per heavy atom. The summed E-state index contributed by atoms with van der Waals surface area (Å²) < 4.78 is 54.0. The van der Waals surface area contributed by atoms with Gasteiger partial charge < -0.3 is 5.32 Å². The molecule has 2 rings (SSSR count). The normalized spacial score (nSPS) is 12.4. The van der Waals surface area contributed by atoms with E-state index >= 15 is 0 Å². The van der Waals surface area contributed by atoms with Gasteiger partial charge in [0.25, 0.3) is 0 Å². The Hall–Kier alpha value is -1.88. The first-order chi connectivity index (χ1) is 9.54. The van der Waals surface area contributed by atoms with Crippen molar-refractivity contribution in [2.75, 3.05) is 6.54 Å². The molecule has 0 saturated carbocycles. The van der Waals surface area contributed by atoms with Crippen LogP contribution in [-0.4, -0.2) is 6.54 Å². The van der Waals surface area contributed by atoms with Gasteiger partial charge in [0.2, 0.25) is 0 Å². The molecule has 2 aromatic rings. The minimum atomic E-state index is -1.05. The molecule has 0 spiro atoms. The fourth-order valence-electron chi connectivity index (χ4n) is 2.07. The standard InChI is InChI=1S/C15H13F4N/c1-2-20-15(9-6-7-10(16)13(19)8-9)14-11(17)4-3-5-12(14)18/h3-8,15,20H,2H2,1H3. The van der Waals surface area contributed by atoms with Gasteiger partial charge in [0.15, 0.2) is 11.6 Å². The van der Waals surface area contributed by atoms with E-state index in [0.29, 0.717) is 6.54 Å². The minimum Gasteiger partial charge on any atom is -0.306 e. The van der Waals surface area contributed by atoms with Gasteiger partial charge in [0.05, 0.1) is 6.04 Å². The van der Waals surface area contributed by atoms with Gasteiger partial charge >= 0.3 is 0 Å². The van der Waals surface area contributed by atoms with E-state index in [1.165, 1.54) is 12.1 Å². The van der Waals surface area contributed by atoms with E-state index in [1.54, 1.807) is 6.92 Å². The summed E-state index contributed by atoms with van der Waals surface area (Å²) in [6, 6.07) is 5.81. The van der Waals surface area contributed by atoms with Crippen molar-refractivity contribution >= 4 is 0 Å². The molecule has 0 amide bonds. The number of nitrogens with one attached hydrogen (secondary N) is 1. The average molecular weight is 283 g/mol.